The van der Waals surface area contributed by atoms with Crippen molar-refractivity contribution in [1.29, 1.82) is 0 Å². The van der Waals surface area contributed by atoms with E-state index in [0.29, 0.717) is 6.54 Å². The number of pyridine rings is 1. The molecule has 0 spiro atoms. The predicted octanol–water partition coefficient (Wildman–Crippen LogP) is 1.62. The topological polar surface area (TPSA) is 64.7 Å². The van der Waals surface area contributed by atoms with Gasteiger partial charge >= 0.3 is 0 Å². The Kier molecular flexibility index (Phi) is 3.85. The molecule has 4 nitrogen and oxygen atoms in total. The van der Waals surface area contributed by atoms with E-state index in [-0.39, 0.29) is 0 Å². The summed E-state index contributed by atoms with van der Waals surface area (Å²) in [6, 6.07) is 5.86. The first-order valence-corrected chi connectivity index (χ1v) is 5.90. The van der Waals surface area contributed by atoms with Crippen molar-refractivity contribution < 1.29 is 0 Å². The summed E-state index contributed by atoms with van der Waals surface area (Å²) < 4.78 is 0. The van der Waals surface area contributed by atoms with Crippen LogP contribution in [0.2, 0.25) is 0 Å². The Hall–Kier alpha value is -1.46. The fourth-order valence-corrected chi connectivity index (χ4v) is 2.15. The van der Waals surface area contributed by atoms with Crippen molar-refractivity contribution in [2.45, 2.75) is 17.3 Å². The molecule has 2 aromatic heterocycles. The van der Waals surface area contributed by atoms with Gasteiger partial charge in [-0.2, -0.15) is 0 Å². The molecule has 0 bridgehead atoms. The summed E-state index contributed by atoms with van der Waals surface area (Å²) in [4.78, 5) is 12.3. The minimum atomic E-state index is 0.473. The highest BCUT2D eigenvalue weighted by Crippen LogP contribution is 2.20. The molecule has 5 heteroatoms. The van der Waals surface area contributed by atoms with E-state index < -0.39 is 0 Å². The lowest BCUT2D eigenvalue weighted by Crippen LogP contribution is -2.03. The number of nitrogens with two attached hydrogens (primary N) is 1. The largest absolute Gasteiger partial charge is 0.325 e. The van der Waals surface area contributed by atoms with Gasteiger partial charge in [-0.05, 0) is 17.7 Å². The third kappa shape index (κ3) is 2.77. The minimum Gasteiger partial charge on any atom is -0.325 e. The number of thioether (sulfide) groups is 1. The van der Waals surface area contributed by atoms with Crippen LogP contribution in [0.25, 0.3) is 0 Å². The van der Waals surface area contributed by atoms with Crippen molar-refractivity contribution in [3.05, 3.63) is 48.2 Å². The molecule has 0 unspecified atom stereocenters. The first-order chi connectivity index (χ1) is 7.90. The van der Waals surface area contributed by atoms with Crippen LogP contribution in [0.5, 0.6) is 0 Å². The second-order valence-corrected chi connectivity index (χ2v) is 4.15. The molecule has 0 saturated heterocycles. The monoisotopic (exact) mass is 232 g/mol. The fourth-order valence-electron chi connectivity index (χ4n) is 1.30. The molecule has 2 aromatic rings. The van der Waals surface area contributed by atoms with Crippen LogP contribution < -0.4 is 5.73 Å². The number of nitrogens with zero attached hydrogens (tertiary/aromatic N) is 3. The SMILES string of the molecule is NCc1ncccc1CSc1ccncn1. The highest BCUT2D eigenvalue weighted by molar-refractivity contribution is 7.98. The molecule has 0 amide bonds. The summed E-state index contributed by atoms with van der Waals surface area (Å²) in [6.45, 7) is 0.473. The Labute approximate surface area is 98.3 Å². The van der Waals surface area contributed by atoms with Crippen LogP contribution in [-0.2, 0) is 12.3 Å². The number of hydrogen-bond acceptors (Lipinski definition) is 5. The number of rotatable bonds is 4. The van der Waals surface area contributed by atoms with Crippen LogP contribution in [0.4, 0.5) is 0 Å². The van der Waals surface area contributed by atoms with E-state index in [9.17, 15) is 0 Å². The first-order valence-electron chi connectivity index (χ1n) is 4.92. The van der Waals surface area contributed by atoms with E-state index in [1.165, 1.54) is 0 Å². The predicted molar refractivity (Wildman–Crippen MR) is 63.7 cm³/mol. The Morgan fingerprint density at radius 1 is 1.19 bits per heavy atom. The molecule has 16 heavy (non-hydrogen) atoms. The van der Waals surface area contributed by atoms with Gasteiger partial charge in [0.15, 0.2) is 0 Å². The average molecular weight is 232 g/mol. The molecule has 0 saturated carbocycles. The quantitative estimate of drug-likeness (QED) is 0.641. The third-order valence-electron chi connectivity index (χ3n) is 2.11. The van der Waals surface area contributed by atoms with Gasteiger partial charge in [0.2, 0.25) is 0 Å². The van der Waals surface area contributed by atoms with Gasteiger partial charge in [-0.3, -0.25) is 4.98 Å². The number of hydrogen-bond donors (Lipinski definition) is 1. The summed E-state index contributed by atoms with van der Waals surface area (Å²) >= 11 is 1.66. The highest BCUT2D eigenvalue weighted by atomic mass is 32.2. The maximum absolute atomic E-state index is 5.62. The van der Waals surface area contributed by atoms with E-state index in [4.69, 9.17) is 5.73 Å². The third-order valence-corrected chi connectivity index (χ3v) is 3.10. The summed E-state index contributed by atoms with van der Waals surface area (Å²) in [5.74, 6) is 0.831. The fraction of sp³-hybridized carbons (Fsp3) is 0.182. The van der Waals surface area contributed by atoms with Gasteiger partial charge in [0.25, 0.3) is 0 Å². The summed E-state index contributed by atoms with van der Waals surface area (Å²) in [5, 5.41) is 0.960. The van der Waals surface area contributed by atoms with Gasteiger partial charge in [0.05, 0.1) is 10.7 Å². The van der Waals surface area contributed by atoms with Crippen LogP contribution in [-0.4, -0.2) is 15.0 Å². The Balaban J connectivity index is 2.05. The summed E-state index contributed by atoms with van der Waals surface area (Å²) in [6.07, 6.45) is 5.05. The molecule has 2 N–H and O–H groups in total. The molecule has 2 rings (SSSR count). The molecule has 0 atom stereocenters. The Bertz CT molecular complexity index is 447. The highest BCUT2D eigenvalue weighted by Gasteiger charge is 2.02. The van der Waals surface area contributed by atoms with Crippen molar-refractivity contribution in [3.63, 3.8) is 0 Å². The average Bonchev–Trinajstić information content (AvgIpc) is 2.38. The Morgan fingerprint density at radius 3 is 2.88 bits per heavy atom. The van der Waals surface area contributed by atoms with E-state index in [2.05, 4.69) is 15.0 Å². The second-order valence-electron chi connectivity index (χ2n) is 3.15. The van der Waals surface area contributed by atoms with Crippen LogP contribution in [0.15, 0.2) is 41.9 Å². The van der Waals surface area contributed by atoms with Crippen molar-refractivity contribution in [1.82, 2.24) is 15.0 Å². The van der Waals surface area contributed by atoms with Gasteiger partial charge in [-0.25, -0.2) is 9.97 Å². The van der Waals surface area contributed by atoms with E-state index in [0.717, 1.165) is 22.0 Å². The number of aromatic nitrogens is 3. The van der Waals surface area contributed by atoms with Gasteiger partial charge in [-0.1, -0.05) is 6.07 Å². The maximum atomic E-state index is 5.62. The van der Waals surface area contributed by atoms with E-state index >= 15 is 0 Å². The lowest BCUT2D eigenvalue weighted by Gasteiger charge is -2.05. The van der Waals surface area contributed by atoms with Gasteiger partial charge in [0, 0.05) is 24.7 Å². The molecule has 0 aliphatic heterocycles. The van der Waals surface area contributed by atoms with Crippen molar-refractivity contribution >= 4 is 11.8 Å². The molecule has 0 aliphatic rings. The Morgan fingerprint density at radius 2 is 2.12 bits per heavy atom. The molecular formula is C11H12N4S. The van der Waals surface area contributed by atoms with Crippen molar-refractivity contribution in [2.75, 3.05) is 0 Å². The zero-order chi connectivity index (χ0) is 11.2. The lowest BCUT2D eigenvalue weighted by atomic mass is 10.2. The van der Waals surface area contributed by atoms with Crippen LogP contribution in [0.3, 0.4) is 0 Å². The van der Waals surface area contributed by atoms with Crippen LogP contribution in [0, 0.1) is 0 Å². The van der Waals surface area contributed by atoms with Gasteiger partial charge < -0.3 is 5.73 Å². The standard InChI is InChI=1S/C11H12N4S/c12-6-10-9(2-1-4-14-10)7-16-11-3-5-13-8-15-11/h1-5,8H,6-7,12H2. The second kappa shape index (κ2) is 5.58. The smallest absolute Gasteiger partial charge is 0.116 e. The summed E-state index contributed by atoms with van der Waals surface area (Å²) in [7, 11) is 0. The zero-order valence-corrected chi connectivity index (χ0v) is 9.52. The van der Waals surface area contributed by atoms with Crippen molar-refractivity contribution in [2.24, 2.45) is 5.73 Å². The molecule has 82 valence electrons. The lowest BCUT2D eigenvalue weighted by molar-refractivity contribution is 0.963. The first kappa shape index (κ1) is 11.0. The molecule has 0 fully saturated rings. The minimum absolute atomic E-state index is 0.473. The normalized spacial score (nSPS) is 10.3. The summed E-state index contributed by atoms with van der Waals surface area (Å²) in [5.41, 5.74) is 7.73. The van der Waals surface area contributed by atoms with Crippen LogP contribution >= 0.6 is 11.8 Å². The molecule has 0 aliphatic carbocycles. The maximum Gasteiger partial charge on any atom is 0.116 e. The molecule has 0 aromatic carbocycles. The molecular weight excluding hydrogens is 220 g/mol. The van der Waals surface area contributed by atoms with E-state index in [1.54, 1.807) is 30.5 Å². The van der Waals surface area contributed by atoms with Crippen molar-refractivity contribution in [3.8, 4) is 0 Å². The molecule has 2 heterocycles. The van der Waals surface area contributed by atoms with Crippen LogP contribution in [0.1, 0.15) is 11.3 Å². The van der Waals surface area contributed by atoms with Gasteiger partial charge in [0.1, 0.15) is 6.33 Å². The van der Waals surface area contributed by atoms with Gasteiger partial charge in [-0.15, -0.1) is 11.8 Å². The van der Waals surface area contributed by atoms with E-state index in [1.807, 2.05) is 18.2 Å². The zero-order valence-electron chi connectivity index (χ0n) is 8.71. The molecule has 0 radical (unpaired) electrons.